The van der Waals surface area contributed by atoms with E-state index in [1.807, 2.05) is 6.08 Å². The molecule has 2 aromatic carbocycles. The van der Waals surface area contributed by atoms with Crippen LogP contribution in [-0.2, 0) is 4.74 Å². The van der Waals surface area contributed by atoms with Gasteiger partial charge in [0.1, 0.15) is 17.4 Å². The molecule has 0 aromatic heterocycles. The van der Waals surface area contributed by atoms with E-state index in [0.717, 1.165) is 43.0 Å². The van der Waals surface area contributed by atoms with E-state index in [1.54, 1.807) is 0 Å². The van der Waals surface area contributed by atoms with Crippen LogP contribution in [0, 0.1) is 35.3 Å². The summed E-state index contributed by atoms with van der Waals surface area (Å²) in [6.45, 7) is 4.35. The second kappa shape index (κ2) is 10.2. The smallest absolute Gasteiger partial charge is 0.429 e. The number of halogens is 7. The van der Waals surface area contributed by atoms with Gasteiger partial charge in [-0.3, -0.25) is 0 Å². The summed E-state index contributed by atoms with van der Waals surface area (Å²) in [5.74, 6) is -0.278. The molecule has 0 amide bonds. The first-order chi connectivity index (χ1) is 17.0. The summed E-state index contributed by atoms with van der Waals surface area (Å²) in [5.41, 5.74) is -1.24. The van der Waals surface area contributed by atoms with Crippen molar-refractivity contribution in [3.8, 4) is 17.6 Å². The first-order valence-corrected chi connectivity index (χ1v) is 11.5. The Labute approximate surface area is 203 Å². The van der Waals surface area contributed by atoms with E-state index in [2.05, 4.69) is 6.58 Å². The molecule has 0 bridgehead atoms. The molecule has 0 spiro atoms. The first kappa shape index (κ1) is 26.1. The number of rotatable bonds is 5. The quantitative estimate of drug-likeness (QED) is 0.232. The van der Waals surface area contributed by atoms with E-state index < -0.39 is 29.5 Å². The second-order valence-corrected chi connectivity index (χ2v) is 9.01. The fourth-order valence-corrected chi connectivity index (χ4v) is 4.64. The van der Waals surface area contributed by atoms with Gasteiger partial charge in [-0.1, -0.05) is 18.1 Å². The van der Waals surface area contributed by atoms with Gasteiger partial charge in [-0.05, 0) is 67.7 Å². The summed E-state index contributed by atoms with van der Waals surface area (Å²) < 4.78 is 106. The van der Waals surface area contributed by atoms with Crippen LogP contribution in [0.3, 0.4) is 0 Å². The highest BCUT2D eigenvalue weighted by molar-refractivity contribution is 5.86. The van der Waals surface area contributed by atoms with Crippen molar-refractivity contribution in [2.24, 2.45) is 11.8 Å². The van der Waals surface area contributed by atoms with Gasteiger partial charge in [0.25, 0.3) is 0 Å². The number of hydrogen-bond donors (Lipinski definition) is 0. The van der Waals surface area contributed by atoms with Crippen molar-refractivity contribution in [3.05, 3.63) is 65.8 Å². The monoisotopic (exact) mass is 512 g/mol. The Hall–Kier alpha value is -2.99. The standard InChI is InChI=1S/C27H23F7O2/c1-2-16-3-10-24(35-15-16)17-4-6-19(7-5-17)27(33,34)36-20-8-9-21-18(13-20)14-23(28)22(25(21)29)11-12-26(30,31)32/h2,6,8-9,13-14,16-17,24H,1,3-5,7,10,15H2. The van der Waals surface area contributed by atoms with Crippen LogP contribution in [0.15, 0.2) is 48.6 Å². The second-order valence-electron chi connectivity index (χ2n) is 9.01. The topological polar surface area (TPSA) is 18.5 Å². The average molecular weight is 512 g/mol. The Balaban J connectivity index is 1.48. The normalized spacial score (nSPS) is 23.0. The molecular weight excluding hydrogens is 489 g/mol. The highest BCUT2D eigenvalue weighted by atomic mass is 19.4. The van der Waals surface area contributed by atoms with Gasteiger partial charge in [0.05, 0.1) is 18.3 Å². The zero-order valence-corrected chi connectivity index (χ0v) is 19.1. The summed E-state index contributed by atoms with van der Waals surface area (Å²) in [5, 5.41) is -0.426. The Morgan fingerprint density at radius 3 is 2.44 bits per heavy atom. The molecule has 0 radical (unpaired) electrons. The molecule has 36 heavy (non-hydrogen) atoms. The van der Waals surface area contributed by atoms with E-state index in [1.165, 1.54) is 12.0 Å². The molecule has 2 aliphatic rings. The Kier molecular flexibility index (Phi) is 7.37. The summed E-state index contributed by atoms with van der Waals surface area (Å²) in [4.78, 5) is 0. The molecule has 192 valence electrons. The van der Waals surface area contributed by atoms with E-state index in [4.69, 9.17) is 9.47 Å². The Bertz CT molecular complexity index is 1230. The molecule has 0 saturated carbocycles. The van der Waals surface area contributed by atoms with Crippen molar-refractivity contribution >= 4 is 10.8 Å². The largest absolute Gasteiger partial charge is 0.458 e. The Morgan fingerprint density at radius 1 is 1.06 bits per heavy atom. The molecule has 2 nitrogen and oxygen atoms in total. The van der Waals surface area contributed by atoms with Crippen LogP contribution in [-0.4, -0.2) is 25.0 Å². The molecule has 2 aromatic rings. The maximum Gasteiger partial charge on any atom is 0.458 e. The lowest BCUT2D eigenvalue weighted by atomic mass is 9.82. The minimum Gasteiger partial charge on any atom is -0.429 e. The Morgan fingerprint density at radius 2 is 1.83 bits per heavy atom. The molecule has 4 rings (SSSR count). The van der Waals surface area contributed by atoms with Crippen LogP contribution in [0.1, 0.15) is 37.7 Å². The van der Waals surface area contributed by atoms with E-state index in [-0.39, 0.29) is 40.5 Å². The van der Waals surface area contributed by atoms with Crippen molar-refractivity contribution in [1.29, 1.82) is 0 Å². The molecule has 3 atom stereocenters. The van der Waals surface area contributed by atoms with Crippen molar-refractivity contribution in [2.45, 2.75) is 50.5 Å². The minimum absolute atomic E-state index is 0.0181. The van der Waals surface area contributed by atoms with Crippen molar-refractivity contribution < 1.29 is 40.2 Å². The SMILES string of the molecule is C=CC1CCC(C2CC=C(C(F)(F)Oc3ccc4c(F)c(C#CC(F)(F)F)c(F)cc4c3)CC2)OC1. The third-order valence-corrected chi connectivity index (χ3v) is 6.61. The minimum atomic E-state index is -4.93. The van der Waals surface area contributed by atoms with Crippen molar-refractivity contribution in [2.75, 3.05) is 6.61 Å². The molecule has 1 fully saturated rings. The average Bonchev–Trinajstić information content (AvgIpc) is 2.83. The molecule has 0 N–H and O–H groups in total. The van der Waals surface area contributed by atoms with E-state index >= 15 is 0 Å². The first-order valence-electron chi connectivity index (χ1n) is 11.5. The van der Waals surface area contributed by atoms with Crippen LogP contribution in [0.25, 0.3) is 10.8 Å². The number of benzene rings is 2. The lowest BCUT2D eigenvalue weighted by molar-refractivity contribution is -0.146. The summed E-state index contributed by atoms with van der Waals surface area (Å²) >= 11 is 0. The molecule has 1 aliphatic heterocycles. The lowest BCUT2D eigenvalue weighted by Crippen LogP contribution is -2.35. The van der Waals surface area contributed by atoms with Gasteiger partial charge in [0.2, 0.25) is 0 Å². The molecular formula is C27H23F7O2. The van der Waals surface area contributed by atoms with Crippen LogP contribution in [0.5, 0.6) is 5.75 Å². The molecule has 1 aliphatic carbocycles. The van der Waals surface area contributed by atoms with E-state index in [9.17, 15) is 30.7 Å². The van der Waals surface area contributed by atoms with Gasteiger partial charge in [-0.15, -0.1) is 6.58 Å². The predicted octanol–water partition coefficient (Wildman–Crippen LogP) is 7.71. The van der Waals surface area contributed by atoms with Gasteiger partial charge in [-0.25, -0.2) is 8.78 Å². The number of hydrogen-bond acceptors (Lipinski definition) is 2. The molecule has 9 heteroatoms. The van der Waals surface area contributed by atoms with Gasteiger partial charge in [0, 0.05) is 22.8 Å². The van der Waals surface area contributed by atoms with Crippen LogP contribution in [0.2, 0.25) is 0 Å². The van der Waals surface area contributed by atoms with Crippen LogP contribution >= 0.6 is 0 Å². The molecule has 1 heterocycles. The zero-order valence-electron chi connectivity index (χ0n) is 19.1. The van der Waals surface area contributed by atoms with Gasteiger partial charge >= 0.3 is 12.3 Å². The highest BCUT2D eigenvalue weighted by Gasteiger charge is 2.40. The van der Waals surface area contributed by atoms with Gasteiger partial charge < -0.3 is 9.47 Å². The maximum absolute atomic E-state index is 14.9. The lowest BCUT2D eigenvalue weighted by Gasteiger charge is -2.35. The number of allylic oxidation sites excluding steroid dienone is 1. The van der Waals surface area contributed by atoms with Crippen LogP contribution < -0.4 is 4.74 Å². The number of alkyl halides is 5. The van der Waals surface area contributed by atoms with Crippen molar-refractivity contribution in [1.82, 2.24) is 0 Å². The molecule has 1 saturated heterocycles. The molecule has 3 unspecified atom stereocenters. The van der Waals surface area contributed by atoms with Gasteiger partial charge in [0.15, 0.2) is 0 Å². The summed E-state index contributed by atoms with van der Waals surface area (Å²) in [6, 6.07) is 3.83. The maximum atomic E-state index is 14.9. The van der Waals surface area contributed by atoms with Gasteiger partial charge in [-0.2, -0.15) is 22.0 Å². The van der Waals surface area contributed by atoms with E-state index in [0.29, 0.717) is 25.4 Å². The zero-order chi connectivity index (χ0) is 26.1. The highest BCUT2D eigenvalue weighted by Crippen LogP contribution is 2.40. The third kappa shape index (κ3) is 5.86. The number of ether oxygens (including phenoxy) is 2. The third-order valence-electron chi connectivity index (χ3n) is 6.61. The predicted molar refractivity (Wildman–Crippen MR) is 120 cm³/mol. The summed E-state index contributed by atoms with van der Waals surface area (Å²) in [7, 11) is 0. The fraction of sp³-hybridized carbons (Fsp3) is 0.407. The van der Waals surface area contributed by atoms with Crippen molar-refractivity contribution in [3.63, 3.8) is 0 Å². The van der Waals surface area contributed by atoms with Crippen LogP contribution in [0.4, 0.5) is 30.7 Å². The fourth-order valence-electron chi connectivity index (χ4n) is 4.64. The number of fused-ring (bicyclic) bond motifs is 1. The summed E-state index contributed by atoms with van der Waals surface area (Å²) in [6.07, 6.45) is -2.36.